The summed E-state index contributed by atoms with van der Waals surface area (Å²) in [6.45, 7) is 9.02. The summed E-state index contributed by atoms with van der Waals surface area (Å²) in [5, 5.41) is 0.483. The highest BCUT2D eigenvalue weighted by Crippen LogP contribution is 2.25. The highest BCUT2D eigenvalue weighted by Gasteiger charge is 2.32. The van der Waals surface area contributed by atoms with Crippen LogP contribution in [0.25, 0.3) is 10.9 Å². The van der Waals surface area contributed by atoms with Crippen LogP contribution in [-0.2, 0) is 11.3 Å². The third kappa shape index (κ3) is 4.41. The first-order valence-electron chi connectivity index (χ1n) is 11.3. The SMILES string of the molecule is C=CCn1c(=S)[nH]c2cc(C(=O)N3CCC(C(=O)N4CCCC(C)C4)CC3)ccc2c1=O. The molecule has 1 atom stereocenters. The lowest BCUT2D eigenvalue weighted by molar-refractivity contribution is -0.138. The van der Waals surface area contributed by atoms with Crippen molar-refractivity contribution < 1.29 is 9.59 Å². The molecule has 1 aromatic heterocycles. The Morgan fingerprint density at radius 2 is 1.94 bits per heavy atom. The number of hydrogen-bond donors (Lipinski definition) is 1. The summed E-state index contributed by atoms with van der Waals surface area (Å²) >= 11 is 5.29. The lowest BCUT2D eigenvalue weighted by Gasteiger charge is -2.37. The smallest absolute Gasteiger partial charge is 0.262 e. The molecule has 2 aliphatic rings. The van der Waals surface area contributed by atoms with Crippen LogP contribution in [0.5, 0.6) is 0 Å². The van der Waals surface area contributed by atoms with Crippen molar-refractivity contribution in [3.8, 4) is 0 Å². The first kappa shape index (κ1) is 22.5. The number of likely N-dealkylation sites (tertiary alicyclic amines) is 2. The third-order valence-electron chi connectivity index (χ3n) is 6.64. The number of carbonyl (C=O) groups excluding carboxylic acids is 2. The molecule has 3 heterocycles. The number of nitrogens with zero attached hydrogens (tertiary/aromatic N) is 3. The van der Waals surface area contributed by atoms with E-state index in [1.54, 1.807) is 29.2 Å². The van der Waals surface area contributed by atoms with Crippen molar-refractivity contribution in [2.45, 2.75) is 39.2 Å². The van der Waals surface area contributed by atoms with Crippen molar-refractivity contribution in [1.82, 2.24) is 19.4 Å². The van der Waals surface area contributed by atoms with E-state index in [9.17, 15) is 14.4 Å². The molecule has 170 valence electrons. The summed E-state index contributed by atoms with van der Waals surface area (Å²) in [6.07, 6.45) is 5.27. The molecule has 1 N–H and O–H groups in total. The molecule has 7 nitrogen and oxygen atoms in total. The summed E-state index contributed by atoms with van der Waals surface area (Å²) < 4.78 is 1.75. The fraction of sp³-hybridized carbons (Fsp3) is 0.500. The van der Waals surface area contributed by atoms with Crippen LogP contribution in [0.1, 0.15) is 43.0 Å². The van der Waals surface area contributed by atoms with E-state index in [1.165, 1.54) is 11.0 Å². The number of carbonyl (C=O) groups is 2. The molecule has 2 aliphatic heterocycles. The fourth-order valence-electron chi connectivity index (χ4n) is 4.84. The van der Waals surface area contributed by atoms with Gasteiger partial charge in [0.2, 0.25) is 5.91 Å². The van der Waals surface area contributed by atoms with E-state index in [0.29, 0.717) is 59.6 Å². The molecular formula is C24H30N4O3S. The molecule has 32 heavy (non-hydrogen) atoms. The molecule has 0 bridgehead atoms. The van der Waals surface area contributed by atoms with E-state index in [-0.39, 0.29) is 23.3 Å². The van der Waals surface area contributed by atoms with Crippen molar-refractivity contribution in [3.63, 3.8) is 0 Å². The lowest BCUT2D eigenvalue weighted by atomic mass is 9.92. The van der Waals surface area contributed by atoms with Crippen molar-refractivity contribution in [3.05, 3.63) is 51.5 Å². The van der Waals surface area contributed by atoms with Gasteiger partial charge < -0.3 is 14.8 Å². The average molecular weight is 455 g/mol. The summed E-state index contributed by atoms with van der Waals surface area (Å²) in [5.74, 6) is 0.729. The van der Waals surface area contributed by atoms with Gasteiger partial charge in [-0.3, -0.25) is 19.0 Å². The average Bonchev–Trinajstić information content (AvgIpc) is 2.80. The molecule has 8 heteroatoms. The molecule has 0 saturated carbocycles. The highest BCUT2D eigenvalue weighted by molar-refractivity contribution is 7.71. The number of rotatable bonds is 4. The van der Waals surface area contributed by atoms with Crippen LogP contribution in [0.2, 0.25) is 0 Å². The number of fused-ring (bicyclic) bond motifs is 1. The summed E-state index contributed by atoms with van der Waals surface area (Å²) in [7, 11) is 0. The molecule has 2 fully saturated rings. The number of nitrogens with one attached hydrogen (secondary N) is 1. The largest absolute Gasteiger partial charge is 0.342 e. The number of piperidine rings is 2. The van der Waals surface area contributed by atoms with Gasteiger partial charge in [0.25, 0.3) is 11.5 Å². The number of H-pyrrole nitrogens is 1. The van der Waals surface area contributed by atoms with Crippen LogP contribution in [0.15, 0.2) is 35.6 Å². The maximum absolute atomic E-state index is 13.1. The second-order valence-corrected chi connectivity index (χ2v) is 9.38. The summed E-state index contributed by atoms with van der Waals surface area (Å²) in [5.41, 5.74) is 0.864. The monoisotopic (exact) mass is 454 g/mol. The quantitative estimate of drug-likeness (QED) is 0.568. The molecule has 2 aromatic rings. The second kappa shape index (κ2) is 9.40. The zero-order chi connectivity index (χ0) is 22.8. The van der Waals surface area contributed by atoms with Gasteiger partial charge in [-0.2, -0.15) is 0 Å². The van der Waals surface area contributed by atoms with Crippen molar-refractivity contribution in [2.24, 2.45) is 11.8 Å². The fourth-order valence-corrected chi connectivity index (χ4v) is 5.11. The van der Waals surface area contributed by atoms with E-state index in [4.69, 9.17) is 12.2 Å². The highest BCUT2D eigenvalue weighted by atomic mass is 32.1. The minimum absolute atomic E-state index is 0.000359. The Morgan fingerprint density at radius 1 is 1.19 bits per heavy atom. The molecule has 2 saturated heterocycles. The third-order valence-corrected chi connectivity index (χ3v) is 6.96. The zero-order valence-electron chi connectivity index (χ0n) is 18.5. The molecule has 1 unspecified atom stereocenters. The number of amides is 2. The van der Waals surface area contributed by atoms with Crippen LogP contribution >= 0.6 is 12.2 Å². The predicted molar refractivity (Wildman–Crippen MR) is 127 cm³/mol. The number of hydrogen-bond acceptors (Lipinski definition) is 4. The Morgan fingerprint density at radius 3 is 2.62 bits per heavy atom. The lowest BCUT2D eigenvalue weighted by Crippen LogP contribution is -2.47. The summed E-state index contributed by atoms with van der Waals surface area (Å²) in [6, 6.07) is 5.05. The standard InChI is InChI=1S/C24H30N4O3S/c1-3-10-28-23(31)19-7-6-18(14-20(19)25-24(28)32)22(30)26-12-8-17(9-13-26)21(29)27-11-4-5-16(2)15-27/h3,6-7,14,16-17H,1,4-5,8-13,15H2,2H3,(H,25,32). The second-order valence-electron chi connectivity index (χ2n) is 8.99. The summed E-state index contributed by atoms with van der Waals surface area (Å²) in [4.78, 5) is 45.5. The van der Waals surface area contributed by atoms with E-state index in [1.807, 2.05) is 4.90 Å². The van der Waals surface area contributed by atoms with Crippen molar-refractivity contribution >= 4 is 34.9 Å². The van der Waals surface area contributed by atoms with Gasteiger partial charge in [0.15, 0.2) is 4.77 Å². The van der Waals surface area contributed by atoms with Gasteiger partial charge in [0.05, 0.1) is 10.9 Å². The van der Waals surface area contributed by atoms with Gasteiger partial charge in [-0.25, -0.2) is 0 Å². The van der Waals surface area contributed by atoms with Crippen molar-refractivity contribution in [2.75, 3.05) is 26.2 Å². The maximum atomic E-state index is 13.1. The van der Waals surface area contributed by atoms with E-state index >= 15 is 0 Å². The van der Waals surface area contributed by atoms with E-state index < -0.39 is 0 Å². The van der Waals surface area contributed by atoms with Crippen LogP contribution in [0.3, 0.4) is 0 Å². The van der Waals surface area contributed by atoms with Crippen LogP contribution in [0, 0.1) is 16.6 Å². The number of benzene rings is 1. The first-order chi connectivity index (χ1) is 15.4. The van der Waals surface area contributed by atoms with Crippen LogP contribution in [0.4, 0.5) is 0 Å². The van der Waals surface area contributed by atoms with Gasteiger partial charge in [-0.15, -0.1) is 6.58 Å². The molecule has 4 rings (SSSR count). The maximum Gasteiger partial charge on any atom is 0.262 e. The normalized spacial score (nSPS) is 19.8. The minimum atomic E-state index is -0.200. The van der Waals surface area contributed by atoms with Gasteiger partial charge in [-0.05, 0) is 62.0 Å². The molecule has 0 aliphatic carbocycles. The number of aromatic nitrogens is 2. The Bertz CT molecular complexity index is 1160. The topological polar surface area (TPSA) is 78.4 Å². The van der Waals surface area contributed by atoms with Gasteiger partial charge >= 0.3 is 0 Å². The van der Waals surface area contributed by atoms with Gasteiger partial charge in [0, 0.05) is 44.2 Å². The Labute approximate surface area is 192 Å². The van der Waals surface area contributed by atoms with Crippen molar-refractivity contribution in [1.29, 1.82) is 0 Å². The van der Waals surface area contributed by atoms with Gasteiger partial charge in [0.1, 0.15) is 0 Å². The molecule has 1 aromatic carbocycles. The van der Waals surface area contributed by atoms with Gasteiger partial charge in [-0.1, -0.05) is 13.0 Å². The van der Waals surface area contributed by atoms with Crippen LogP contribution < -0.4 is 5.56 Å². The zero-order valence-corrected chi connectivity index (χ0v) is 19.3. The molecule has 0 radical (unpaired) electrons. The Balaban J connectivity index is 1.45. The molecular weight excluding hydrogens is 424 g/mol. The van der Waals surface area contributed by atoms with E-state index in [2.05, 4.69) is 18.5 Å². The molecule has 0 spiro atoms. The number of allylic oxidation sites excluding steroid dienone is 1. The van der Waals surface area contributed by atoms with E-state index in [0.717, 1.165) is 19.5 Å². The Kier molecular flexibility index (Phi) is 6.60. The Hall–Kier alpha value is -2.74. The predicted octanol–water partition coefficient (Wildman–Crippen LogP) is 3.36. The first-order valence-corrected chi connectivity index (χ1v) is 11.8. The van der Waals surface area contributed by atoms with Crippen LogP contribution in [-0.4, -0.2) is 57.3 Å². The minimum Gasteiger partial charge on any atom is -0.342 e. The number of aromatic amines is 1. The molecule has 2 amide bonds.